The monoisotopic (exact) mass is 162 g/mol. The molecular formula is C9H8NO2. The van der Waals surface area contributed by atoms with Crippen LogP contribution in [-0.2, 0) is 4.84 Å². The zero-order chi connectivity index (χ0) is 8.81. The third kappa shape index (κ3) is 2.20. The van der Waals surface area contributed by atoms with Crippen molar-refractivity contribution < 1.29 is 9.63 Å². The Kier molecular flexibility index (Phi) is 3.02. The lowest BCUT2D eigenvalue weighted by Gasteiger charge is -1.95. The van der Waals surface area contributed by atoms with Gasteiger partial charge < -0.3 is 4.84 Å². The smallest absolute Gasteiger partial charge is 0.313 e. The van der Waals surface area contributed by atoms with Crippen LogP contribution in [0.4, 0.5) is 0 Å². The first-order chi connectivity index (χ1) is 5.84. The molecule has 1 radical (unpaired) electrons. The Morgan fingerprint density at radius 3 is 2.67 bits per heavy atom. The van der Waals surface area contributed by atoms with E-state index in [1.807, 2.05) is 6.07 Å². The number of hydrogen-bond donors (Lipinski definition) is 0. The Morgan fingerprint density at radius 1 is 1.42 bits per heavy atom. The lowest BCUT2D eigenvalue weighted by Crippen LogP contribution is -1.99. The highest BCUT2D eigenvalue weighted by molar-refractivity contribution is 5.89. The Bertz CT molecular complexity index is 280. The van der Waals surface area contributed by atoms with E-state index in [9.17, 15) is 4.79 Å². The van der Waals surface area contributed by atoms with Crippen LogP contribution in [0.1, 0.15) is 10.4 Å². The van der Waals surface area contributed by atoms with Crippen molar-refractivity contribution in [3.63, 3.8) is 0 Å². The number of nitrogens with zero attached hydrogens (tertiary/aromatic N) is 1. The molecule has 0 bridgehead atoms. The Balaban J connectivity index is 2.66. The van der Waals surface area contributed by atoms with Crippen LogP contribution in [-0.4, -0.2) is 12.2 Å². The third-order valence-corrected chi connectivity index (χ3v) is 1.22. The van der Waals surface area contributed by atoms with Crippen molar-refractivity contribution in [2.75, 3.05) is 0 Å². The van der Waals surface area contributed by atoms with Gasteiger partial charge in [-0.15, -0.1) is 0 Å². The summed E-state index contributed by atoms with van der Waals surface area (Å²) in [5, 5.41) is 3.26. The molecule has 0 saturated carbocycles. The summed E-state index contributed by atoms with van der Waals surface area (Å²) in [5.41, 5.74) is 0.475. The van der Waals surface area contributed by atoms with Crippen LogP contribution in [0.15, 0.2) is 35.5 Å². The first-order valence-electron chi connectivity index (χ1n) is 3.42. The molecular weight excluding hydrogens is 154 g/mol. The van der Waals surface area contributed by atoms with Gasteiger partial charge in [-0.3, -0.25) is 0 Å². The number of carbonyl (C=O) groups excluding carboxylic acids is 1. The van der Waals surface area contributed by atoms with Gasteiger partial charge in [0.2, 0.25) is 0 Å². The summed E-state index contributed by atoms with van der Waals surface area (Å²) in [6, 6.07) is 8.64. The van der Waals surface area contributed by atoms with Crippen LogP contribution in [0, 0.1) is 6.92 Å². The molecule has 3 heteroatoms. The Labute approximate surface area is 70.7 Å². The molecule has 1 aromatic carbocycles. The van der Waals surface area contributed by atoms with Crippen molar-refractivity contribution in [1.29, 1.82) is 0 Å². The molecule has 0 aliphatic rings. The predicted molar refractivity (Wildman–Crippen MR) is 45.7 cm³/mol. The highest BCUT2D eigenvalue weighted by Crippen LogP contribution is 2.00. The summed E-state index contributed by atoms with van der Waals surface area (Å²) in [6.45, 7) is 3.28. The summed E-state index contributed by atoms with van der Waals surface area (Å²) in [6.07, 6.45) is 1.17. The molecule has 0 amide bonds. The van der Waals surface area contributed by atoms with Crippen molar-refractivity contribution in [2.45, 2.75) is 0 Å². The Morgan fingerprint density at radius 2 is 2.08 bits per heavy atom. The van der Waals surface area contributed by atoms with Gasteiger partial charge in [-0.25, -0.2) is 4.79 Å². The van der Waals surface area contributed by atoms with Crippen LogP contribution < -0.4 is 0 Å². The molecule has 0 saturated heterocycles. The highest BCUT2D eigenvalue weighted by Gasteiger charge is 2.03. The highest BCUT2D eigenvalue weighted by atomic mass is 16.7. The first-order valence-corrected chi connectivity index (χ1v) is 3.42. The Hall–Kier alpha value is -1.64. The number of rotatable bonds is 2. The average molecular weight is 162 g/mol. The van der Waals surface area contributed by atoms with Gasteiger partial charge in [0, 0.05) is 6.21 Å². The average Bonchev–Trinajstić information content (AvgIpc) is 2.15. The summed E-state index contributed by atoms with van der Waals surface area (Å²) in [5.74, 6) is -0.476. The van der Waals surface area contributed by atoms with Crippen LogP contribution >= 0.6 is 0 Å². The third-order valence-electron chi connectivity index (χ3n) is 1.22. The predicted octanol–water partition coefficient (Wildman–Crippen LogP) is 1.66. The van der Waals surface area contributed by atoms with Crippen LogP contribution in [0.3, 0.4) is 0 Å². The van der Waals surface area contributed by atoms with Crippen molar-refractivity contribution in [2.24, 2.45) is 5.16 Å². The molecule has 0 aliphatic heterocycles. The molecule has 0 N–H and O–H groups in total. The van der Waals surface area contributed by atoms with Gasteiger partial charge >= 0.3 is 5.97 Å². The molecule has 0 fully saturated rings. The minimum absolute atomic E-state index is 0.475. The topological polar surface area (TPSA) is 38.7 Å². The summed E-state index contributed by atoms with van der Waals surface area (Å²) >= 11 is 0. The van der Waals surface area contributed by atoms with E-state index in [-0.39, 0.29) is 0 Å². The maximum atomic E-state index is 11.0. The van der Waals surface area contributed by atoms with Crippen molar-refractivity contribution in [1.82, 2.24) is 0 Å². The normalized spacial score (nSPS) is 10.1. The second-order valence-corrected chi connectivity index (χ2v) is 2.03. The molecule has 0 spiro atoms. The van der Waals surface area contributed by atoms with Gasteiger partial charge in [0.05, 0.1) is 5.56 Å². The number of benzene rings is 1. The SMILES string of the molecule is [CH2]C=NOC(=O)c1ccccc1. The fourth-order valence-corrected chi connectivity index (χ4v) is 0.712. The maximum absolute atomic E-state index is 11.0. The van der Waals surface area contributed by atoms with Crippen LogP contribution in [0.2, 0.25) is 0 Å². The molecule has 12 heavy (non-hydrogen) atoms. The van der Waals surface area contributed by atoms with E-state index in [0.717, 1.165) is 0 Å². The molecule has 1 rings (SSSR count). The fourth-order valence-electron chi connectivity index (χ4n) is 0.712. The van der Waals surface area contributed by atoms with Gasteiger partial charge in [-0.1, -0.05) is 23.4 Å². The zero-order valence-electron chi connectivity index (χ0n) is 6.43. The quantitative estimate of drug-likeness (QED) is 0.377. The minimum atomic E-state index is -0.476. The van der Waals surface area contributed by atoms with Gasteiger partial charge in [0.25, 0.3) is 0 Å². The van der Waals surface area contributed by atoms with Gasteiger partial charge in [0.15, 0.2) is 0 Å². The largest absolute Gasteiger partial charge is 0.365 e. The van der Waals surface area contributed by atoms with E-state index >= 15 is 0 Å². The van der Waals surface area contributed by atoms with Crippen molar-refractivity contribution in [3.05, 3.63) is 42.8 Å². The van der Waals surface area contributed by atoms with E-state index in [1.54, 1.807) is 24.3 Å². The van der Waals surface area contributed by atoms with Gasteiger partial charge in [-0.2, -0.15) is 0 Å². The first kappa shape index (κ1) is 8.46. The van der Waals surface area contributed by atoms with Crippen molar-refractivity contribution in [3.8, 4) is 0 Å². The van der Waals surface area contributed by atoms with Crippen molar-refractivity contribution >= 4 is 12.2 Å². The van der Waals surface area contributed by atoms with Crippen LogP contribution in [0.5, 0.6) is 0 Å². The van der Waals surface area contributed by atoms with Crippen LogP contribution in [0.25, 0.3) is 0 Å². The number of hydrogen-bond acceptors (Lipinski definition) is 3. The van der Waals surface area contributed by atoms with Gasteiger partial charge in [0.1, 0.15) is 0 Å². The summed E-state index contributed by atoms with van der Waals surface area (Å²) in [4.78, 5) is 15.5. The molecule has 0 heterocycles. The molecule has 0 unspecified atom stereocenters. The molecule has 0 atom stereocenters. The molecule has 3 nitrogen and oxygen atoms in total. The maximum Gasteiger partial charge on any atom is 0.365 e. The number of oxime groups is 1. The second-order valence-electron chi connectivity index (χ2n) is 2.03. The van der Waals surface area contributed by atoms with E-state index in [0.29, 0.717) is 5.56 Å². The zero-order valence-corrected chi connectivity index (χ0v) is 6.43. The van der Waals surface area contributed by atoms with E-state index < -0.39 is 5.97 Å². The molecule has 61 valence electrons. The lowest BCUT2D eigenvalue weighted by atomic mass is 10.2. The number of carbonyl (C=O) groups is 1. The molecule has 0 aromatic heterocycles. The second kappa shape index (κ2) is 4.28. The minimum Gasteiger partial charge on any atom is -0.313 e. The van der Waals surface area contributed by atoms with E-state index in [1.165, 1.54) is 6.21 Å². The molecule has 0 aliphatic carbocycles. The van der Waals surface area contributed by atoms with E-state index in [2.05, 4.69) is 16.9 Å². The van der Waals surface area contributed by atoms with E-state index in [4.69, 9.17) is 0 Å². The summed E-state index contributed by atoms with van der Waals surface area (Å²) < 4.78 is 0. The summed E-state index contributed by atoms with van der Waals surface area (Å²) in [7, 11) is 0. The fraction of sp³-hybridized carbons (Fsp3) is 0. The lowest BCUT2D eigenvalue weighted by molar-refractivity contribution is 0.0519. The molecule has 1 aromatic rings. The van der Waals surface area contributed by atoms with Gasteiger partial charge in [-0.05, 0) is 19.1 Å². The standard InChI is InChI=1S/C9H8NO2/c1-2-10-12-9(11)8-6-4-3-5-7-8/h2-7H,1H2.